The quantitative estimate of drug-likeness (QED) is 0.413. The summed E-state index contributed by atoms with van der Waals surface area (Å²) >= 11 is 1.39. The van der Waals surface area contributed by atoms with E-state index in [0.29, 0.717) is 24.8 Å². The Kier molecular flexibility index (Phi) is 8.02. The van der Waals surface area contributed by atoms with E-state index in [1.807, 2.05) is 57.7 Å². The highest BCUT2D eigenvalue weighted by Gasteiger charge is 2.34. The lowest BCUT2D eigenvalue weighted by Crippen LogP contribution is -2.56. The summed E-state index contributed by atoms with van der Waals surface area (Å²) in [6.45, 7) is 5.84. The molecule has 5 rings (SSSR count). The Morgan fingerprint density at radius 3 is 2.37 bits per heavy atom. The zero-order valence-electron chi connectivity index (χ0n) is 22.3. The van der Waals surface area contributed by atoms with Crippen LogP contribution in [0.15, 0.2) is 53.7 Å². The van der Waals surface area contributed by atoms with Crippen LogP contribution in [0, 0.1) is 12.8 Å². The van der Waals surface area contributed by atoms with Crippen LogP contribution >= 0.6 is 11.8 Å². The topological polar surface area (TPSA) is 80.6 Å². The van der Waals surface area contributed by atoms with Gasteiger partial charge in [0.15, 0.2) is 11.0 Å². The first-order chi connectivity index (χ1) is 18.4. The van der Waals surface area contributed by atoms with Gasteiger partial charge in [-0.15, -0.1) is 10.2 Å². The van der Waals surface area contributed by atoms with Crippen molar-refractivity contribution in [1.82, 2.24) is 24.6 Å². The molecule has 0 radical (unpaired) electrons. The molecule has 1 atom stereocenters. The van der Waals surface area contributed by atoms with Crippen LogP contribution in [0.1, 0.15) is 38.2 Å². The van der Waals surface area contributed by atoms with Gasteiger partial charge in [0.05, 0.1) is 12.9 Å². The Labute approximate surface area is 228 Å². The standard InChI is InChI=1S/C29H35N5O3S/c1-20-8-10-22(11-9-20)27-30-31-29(34(27)24-12-14-25(37-3)15-13-24)38-19-26(35)32-16-17-33(21(2)18-32)28(36)23-6-4-5-7-23/h8-15,21,23H,4-7,16-19H2,1-3H3. The van der Waals surface area contributed by atoms with Crippen molar-refractivity contribution in [2.75, 3.05) is 32.5 Å². The molecule has 2 heterocycles. The molecule has 0 N–H and O–H groups in total. The molecule has 2 aliphatic rings. The van der Waals surface area contributed by atoms with E-state index in [2.05, 4.69) is 29.3 Å². The molecule has 1 saturated heterocycles. The Balaban J connectivity index is 1.29. The molecule has 3 aromatic rings. The summed E-state index contributed by atoms with van der Waals surface area (Å²) in [4.78, 5) is 30.0. The van der Waals surface area contributed by atoms with E-state index in [4.69, 9.17) is 4.74 Å². The van der Waals surface area contributed by atoms with Gasteiger partial charge in [-0.3, -0.25) is 14.2 Å². The second-order valence-electron chi connectivity index (χ2n) is 10.2. The van der Waals surface area contributed by atoms with Crippen LogP contribution in [0.3, 0.4) is 0 Å². The van der Waals surface area contributed by atoms with E-state index in [-0.39, 0.29) is 29.5 Å². The van der Waals surface area contributed by atoms with Crippen molar-refractivity contribution in [3.8, 4) is 22.8 Å². The van der Waals surface area contributed by atoms with Gasteiger partial charge < -0.3 is 14.5 Å². The molecule has 0 spiro atoms. The number of amides is 2. The van der Waals surface area contributed by atoms with Crippen LogP contribution in [0.25, 0.3) is 17.1 Å². The normalized spacial score (nSPS) is 18.1. The Morgan fingerprint density at radius 1 is 1.00 bits per heavy atom. The number of ether oxygens (including phenoxy) is 1. The molecule has 1 aromatic heterocycles. The number of hydrogen-bond donors (Lipinski definition) is 0. The predicted molar refractivity (Wildman–Crippen MR) is 149 cm³/mol. The lowest BCUT2D eigenvalue weighted by Gasteiger charge is -2.41. The highest BCUT2D eigenvalue weighted by Crippen LogP contribution is 2.30. The van der Waals surface area contributed by atoms with E-state index in [1.165, 1.54) is 17.3 Å². The molecular formula is C29H35N5O3S. The molecule has 1 aliphatic carbocycles. The van der Waals surface area contributed by atoms with Gasteiger partial charge in [-0.1, -0.05) is 54.4 Å². The molecule has 9 heteroatoms. The maximum Gasteiger partial charge on any atom is 0.233 e. The number of carbonyl (C=O) groups excluding carboxylic acids is 2. The SMILES string of the molecule is COc1ccc(-n2c(SCC(=O)N3CCN(C(=O)C4CCCC4)C(C)C3)nnc2-c2ccc(C)cc2)cc1. The largest absolute Gasteiger partial charge is 0.497 e. The number of hydrogen-bond acceptors (Lipinski definition) is 6. The van der Waals surface area contributed by atoms with Crippen molar-refractivity contribution < 1.29 is 14.3 Å². The van der Waals surface area contributed by atoms with Crippen molar-refractivity contribution in [2.24, 2.45) is 5.92 Å². The summed E-state index contributed by atoms with van der Waals surface area (Å²) in [5.74, 6) is 2.23. The maximum atomic E-state index is 13.2. The number of benzene rings is 2. The first kappa shape index (κ1) is 26.3. The third-order valence-electron chi connectivity index (χ3n) is 7.57. The number of methoxy groups -OCH3 is 1. The number of carbonyl (C=O) groups is 2. The van der Waals surface area contributed by atoms with E-state index >= 15 is 0 Å². The van der Waals surface area contributed by atoms with Crippen LogP contribution in [-0.2, 0) is 9.59 Å². The fourth-order valence-corrected chi connectivity index (χ4v) is 6.21. The number of nitrogens with zero attached hydrogens (tertiary/aromatic N) is 5. The van der Waals surface area contributed by atoms with E-state index in [0.717, 1.165) is 48.5 Å². The molecular weight excluding hydrogens is 498 g/mol. The molecule has 38 heavy (non-hydrogen) atoms. The van der Waals surface area contributed by atoms with Crippen LogP contribution < -0.4 is 4.74 Å². The molecule has 2 aromatic carbocycles. The number of thioether (sulfide) groups is 1. The Hall–Kier alpha value is -3.33. The third-order valence-corrected chi connectivity index (χ3v) is 8.48. The van der Waals surface area contributed by atoms with Crippen molar-refractivity contribution in [3.05, 3.63) is 54.1 Å². The first-order valence-corrected chi connectivity index (χ1v) is 14.3. The highest BCUT2D eigenvalue weighted by atomic mass is 32.2. The van der Waals surface area contributed by atoms with Crippen molar-refractivity contribution in [3.63, 3.8) is 0 Å². The van der Waals surface area contributed by atoms with Gasteiger partial charge in [0.1, 0.15) is 5.75 Å². The minimum atomic E-state index is 0.0295. The van der Waals surface area contributed by atoms with Crippen LogP contribution in [0.5, 0.6) is 5.75 Å². The van der Waals surface area contributed by atoms with Gasteiger partial charge in [0.25, 0.3) is 0 Å². The van der Waals surface area contributed by atoms with Gasteiger partial charge in [0.2, 0.25) is 11.8 Å². The van der Waals surface area contributed by atoms with Gasteiger partial charge in [0, 0.05) is 42.8 Å². The molecule has 1 unspecified atom stereocenters. The zero-order chi connectivity index (χ0) is 26.6. The average Bonchev–Trinajstić information content (AvgIpc) is 3.63. The summed E-state index contributed by atoms with van der Waals surface area (Å²) in [6.07, 6.45) is 4.29. The van der Waals surface area contributed by atoms with E-state index in [9.17, 15) is 9.59 Å². The van der Waals surface area contributed by atoms with Crippen LogP contribution in [0.2, 0.25) is 0 Å². The first-order valence-electron chi connectivity index (χ1n) is 13.3. The molecule has 0 bridgehead atoms. The summed E-state index contributed by atoms with van der Waals surface area (Å²) in [7, 11) is 1.64. The van der Waals surface area contributed by atoms with Crippen molar-refractivity contribution in [2.45, 2.75) is 50.7 Å². The minimum absolute atomic E-state index is 0.0295. The number of aryl methyl sites for hydroxylation is 1. The number of piperazine rings is 1. The monoisotopic (exact) mass is 533 g/mol. The fraction of sp³-hybridized carbons (Fsp3) is 0.448. The Bertz CT molecular complexity index is 1270. The molecule has 2 amide bonds. The summed E-state index contributed by atoms with van der Waals surface area (Å²) < 4.78 is 7.32. The number of rotatable bonds is 7. The van der Waals surface area contributed by atoms with E-state index < -0.39 is 0 Å². The van der Waals surface area contributed by atoms with Gasteiger partial charge >= 0.3 is 0 Å². The predicted octanol–water partition coefficient (Wildman–Crippen LogP) is 4.59. The molecule has 2 fully saturated rings. The average molecular weight is 534 g/mol. The lowest BCUT2D eigenvalue weighted by molar-refractivity contribution is -0.144. The van der Waals surface area contributed by atoms with Crippen molar-refractivity contribution in [1.29, 1.82) is 0 Å². The zero-order valence-corrected chi connectivity index (χ0v) is 23.1. The van der Waals surface area contributed by atoms with Gasteiger partial charge in [-0.25, -0.2) is 0 Å². The van der Waals surface area contributed by atoms with Crippen molar-refractivity contribution >= 4 is 23.6 Å². The highest BCUT2D eigenvalue weighted by molar-refractivity contribution is 7.99. The van der Waals surface area contributed by atoms with Crippen LogP contribution in [-0.4, -0.2) is 74.9 Å². The summed E-state index contributed by atoms with van der Waals surface area (Å²) in [6, 6.07) is 15.9. The molecule has 1 aliphatic heterocycles. The fourth-order valence-electron chi connectivity index (χ4n) is 5.35. The second kappa shape index (κ2) is 11.6. The lowest BCUT2D eigenvalue weighted by atomic mass is 10.0. The van der Waals surface area contributed by atoms with E-state index in [1.54, 1.807) is 7.11 Å². The number of aromatic nitrogens is 3. The summed E-state index contributed by atoms with van der Waals surface area (Å²) in [5, 5.41) is 9.62. The second-order valence-corrected chi connectivity index (χ2v) is 11.1. The Morgan fingerprint density at radius 2 is 1.71 bits per heavy atom. The molecule has 1 saturated carbocycles. The molecule has 200 valence electrons. The molecule has 8 nitrogen and oxygen atoms in total. The van der Waals surface area contributed by atoms with Gasteiger partial charge in [-0.2, -0.15) is 0 Å². The summed E-state index contributed by atoms with van der Waals surface area (Å²) in [5.41, 5.74) is 3.02. The van der Waals surface area contributed by atoms with Crippen LogP contribution in [0.4, 0.5) is 0 Å². The third kappa shape index (κ3) is 5.57. The maximum absolute atomic E-state index is 13.2. The van der Waals surface area contributed by atoms with Gasteiger partial charge in [-0.05, 0) is 51.0 Å². The minimum Gasteiger partial charge on any atom is -0.497 e. The smallest absolute Gasteiger partial charge is 0.233 e.